The summed E-state index contributed by atoms with van der Waals surface area (Å²) in [7, 11) is 0. The second kappa shape index (κ2) is 8.18. The van der Waals surface area contributed by atoms with Gasteiger partial charge < -0.3 is 10.0 Å². The van der Waals surface area contributed by atoms with Crippen molar-refractivity contribution < 1.29 is 9.90 Å². The number of nitrogens with zero attached hydrogens (tertiary/aromatic N) is 1. The fourth-order valence-electron chi connectivity index (χ4n) is 2.71. The number of unbranched alkanes of at least 4 members (excludes halogenated alkanes) is 2. The molecule has 0 spiro atoms. The highest BCUT2D eigenvalue weighted by molar-refractivity contribution is 5.95. The minimum absolute atomic E-state index is 0.0882. The molecule has 0 amide bonds. The molecule has 0 unspecified atom stereocenters. The number of aliphatic hydroxyl groups is 1. The molecule has 0 atom stereocenters. The van der Waals surface area contributed by atoms with Crippen molar-refractivity contribution in [1.82, 2.24) is 4.90 Å². The van der Waals surface area contributed by atoms with Crippen LogP contribution in [-0.2, 0) is 0 Å². The number of hydrogen-bond donors (Lipinski definition) is 1. The lowest BCUT2D eigenvalue weighted by Crippen LogP contribution is -2.36. The Morgan fingerprint density at radius 2 is 1.80 bits per heavy atom. The minimum atomic E-state index is -0.0882. The summed E-state index contributed by atoms with van der Waals surface area (Å²) in [6.07, 6.45) is 5.62. The van der Waals surface area contributed by atoms with Crippen LogP contribution >= 0.6 is 0 Å². The van der Waals surface area contributed by atoms with Crippen LogP contribution in [-0.4, -0.2) is 41.5 Å². The Kier molecular flexibility index (Phi) is 6.22. The van der Waals surface area contributed by atoms with Gasteiger partial charge in [-0.25, -0.2) is 0 Å². The van der Waals surface area contributed by atoms with Crippen molar-refractivity contribution in [3.63, 3.8) is 0 Å². The second-order valence-corrected chi connectivity index (χ2v) is 5.67. The van der Waals surface area contributed by atoms with Gasteiger partial charge in [0, 0.05) is 25.1 Å². The van der Waals surface area contributed by atoms with Gasteiger partial charge in [0.25, 0.3) is 0 Å². The summed E-state index contributed by atoms with van der Waals surface area (Å²) in [4.78, 5) is 14.3. The molecule has 1 heterocycles. The first-order valence-corrected chi connectivity index (χ1v) is 7.74. The molecule has 0 aliphatic carbocycles. The summed E-state index contributed by atoms with van der Waals surface area (Å²) in [5.74, 6) is 0.256. The Balaban J connectivity index is 1.55. The van der Waals surface area contributed by atoms with E-state index in [1.54, 1.807) is 0 Å². The molecule has 1 saturated heterocycles. The van der Waals surface area contributed by atoms with E-state index < -0.39 is 0 Å². The summed E-state index contributed by atoms with van der Waals surface area (Å²) in [5.41, 5.74) is 0.831. The number of carbonyl (C=O) groups is 1. The lowest BCUT2D eigenvalue weighted by molar-refractivity contribution is 0.0815. The highest BCUT2D eigenvalue weighted by Gasteiger charge is 2.15. The van der Waals surface area contributed by atoms with Crippen LogP contribution in [0.4, 0.5) is 0 Å². The van der Waals surface area contributed by atoms with Gasteiger partial charge >= 0.3 is 0 Å². The van der Waals surface area contributed by atoms with Gasteiger partial charge in [-0.3, -0.25) is 4.79 Å². The van der Waals surface area contributed by atoms with E-state index >= 15 is 0 Å². The zero-order valence-corrected chi connectivity index (χ0v) is 12.1. The van der Waals surface area contributed by atoms with Crippen LogP contribution in [0.1, 0.15) is 48.9 Å². The lowest BCUT2D eigenvalue weighted by Gasteiger charge is -2.29. The molecule has 1 aliphatic rings. The van der Waals surface area contributed by atoms with Gasteiger partial charge in [-0.1, -0.05) is 36.8 Å². The number of carbonyl (C=O) groups excluding carboxylic acids is 1. The normalized spacial score (nSPS) is 17.2. The van der Waals surface area contributed by atoms with Gasteiger partial charge in [-0.05, 0) is 32.2 Å². The van der Waals surface area contributed by atoms with E-state index in [0.29, 0.717) is 6.42 Å². The highest BCUT2D eigenvalue weighted by atomic mass is 16.3. The summed E-state index contributed by atoms with van der Waals surface area (Å²) < 4.78 is 0. The van der Waals surface area contributed by atoms with Gasteiger partial charge in [-0.15, -0.1) is 0 Å². The van der Waals surface area contributed by atoms with Crippen molar-refractivity contribution in [2.75, 3.05) is 19.6 Å². The first-order valence-electron chi connectivity index (χ1n) is 7.74. The molecule has 0 radical (unpaired) electrons. The van der Waals surface area contributed by atoms with Crippen molar-refractivity contribution in [1.29, 1.82) is 0 Å². The Labute approximate surface area is 121 Å². The van der Waals surface area contributed by atoms with Crippen LogP contribution in [0.5, 0.6) is 0 Å². The number of piperidine rings is 1. The molecule has 1 aromatic carbocycles. The summed E-state index contributed by atoms with van der Waals surface area (Å²) in [6.45, 7) is 3.14. The van der Waals surface area contributed by atoms with Crippen LogP contribution in [0.3, 0.4) is 0 Å². The second-order valence-electron chi connectivity index (χ2n) is 5.67. The summed E-state index contributed by atoms with van der Waals surface area (Å²) in [6, 6.07) is 9.55. The Bertz CT molecular complexity index is 397. The molecule has 110 valence electrons. The first kappa shape index (κ1) is 15.2. The summed E-state index contributed by atoms with van der Waals surface area (Å²) >= 11 is 0. The molecule has 1 N–H and O–H groups in total. The van der Waals surface area contributed by atoms with Crippen molar-refractivity contribution >= 4 is 5.78 Å². The third kappa shape index (κ3) is 5.06. The zero-order valence-electron chi connectivity index (χ0n) is 12.1. The van der Waals surface area contributed by atoms with E-state index in [-0.39, 0.29) is 11.9 Å². The maximum absolute atomic E-state index is 11.9. The maximum atomic E-state index is 11.9. The fraction of sp³-hybridized carbons (Fsp3) is 0.588. The fourth-order valence-corrected chi connectivity index (χ4v) is 2.71. The molecule has 20 heavy (non-hydrogen) atoms. The van der Waals surface area contributed by atoms with Crippen LogP contribution in [0.25, 0.3) is 0 Å². The number of ketones is 1. The van der Waals surface area contributed by atoms with Crippen LogP contribution in [0, 0.1) is 0 Å². The van der Waals surface area contributed by atoms with E-state index in [4.69, 9.17) is 0 Å². The number of likely N-dealkylation sites (tertiary alicyclic amines) is 1. The monoisotopic (exact) mass is 275 g/mol. The number of benzene rings is 1. The van der Waals surface area contributed by atoms with Crippen LogP contribution in [0.15, 0.2) is 30.3 Å². The number of hydrogen-bond acceptors (Lipinski definition) is 3. The average Bonchev–Trinajstić information content (AvgIpc) is 2.49. The Morgan fingerprint density at radius 1 is 1.10 bits per heavy atom. The van der Waals surface area contributed by atoms with Crippen molar-refractivity contribution in [3.05, 3.63) is 35.9 Å². The van der Waals surface area contributed by atoms with Crippen molar-refractivity contribution in [2.24, 2.45) is 0 Å². The van der Waals surface area contributed by atoms with Crippen molar-refractivity contribution in [2.45, 2.75) is 44.6 Å². The molecular weight excluding hydrogens is 250 g/mol. The van der Waals surface area contributed by atoms with E-state index in [1.807, 2.05) is 30.3 Å². The molecular formula is C17H25NO2. The van der Waals surface area contributed by atoms with Gasteiger partial charge in [0.15, 0.2) is 5.78 Å². The Morgan fingerprint density at radius 3 is 2.50 bits per heavy atom. The molecule has 0 saturated carbocycles. The van der Waals surface area contributed by atoms with E-state index in [1.165, 1.54) is 0 Å². The predicted molar refractivity (Wildman–Crippen MR) is 80.9 cm³/mol. The molecule has 1 aliphatic heterocycles. The SMILES string of the molecule is O=C(CCCCCN1CCC(O)CC1)c1ccccc1. The lowest BCUT2D eigenvalue weighted by atomic mass is 10.0. The quantitative estimate of drug-likeness (QED) is 0.614. The third-order valence-corrected chi connectivity index (χ3v) is 4.03. The molecule has 1 fully saturated rings. The van der Waals surface area contributed by atoms with E-state index in [9.17, 15) is 9.90 Å². The molecule has 1 aromatic rings. The third-order valence-electron chi connectivity index (χ3n) is 4.03. The highest BCUT2D eigenvalue weighted by Crippen LogP contribution is 2.12. The van der Waals surface area contributed by atoms with E-state index in [0.717, 1.165) is 57.3 Å². The van der Waals surface area contributed by atoms with Crippen molar-refractivity contribution in [3.8, 4) is 0 Å². The van der Waals surface area contributed by atoms with E-state index in [2.05, 4.69) is 4.90 Å². The first-order chi connectivity index (χ1) is 9.75. The maximum Gasteiger partial charge on any atom is 0.162 e. The molecule has 2 rings (SSSR count). The minimum Gasteiger partial charge on any atom is -0.393 e. The molecule has 3 nitrogen and oxygen atoms in total. The predicted octanol–water partition coefficient (Wildman–Crippen LogP) is 2.89. The zero-order chi connectivity index (χ0) is 14.2. The van der Waals surface area contributed by atoms with Gasteiger partial charge in [0.05, 0.1) is 6.10 Å². The van der Waals surface area contributed by atoms with Gasteiger partial charge in [0.2, 0.25) is 0 Å². The van der Waals surface area contributed by atoms with Gasteiger partial charge in [0.1, 0.15) is 0 Å². The molecule has 3 heteroatoms. The standard InChI is InChI=1S/C17H25NO2/c19-16-10-13-18(14-11-16)12-6-2-5-9-17(20)15-7-3-1-4-8-15/h1,3-4,7-8,16,19H,2,5-6,9-14H2. The average molecular weight is 275 g/mol. The topological polar surface area (TPSA) is 40.5 Å². The number of rotatable bonds is 7. The number of aliphatic hydroxyl groups excluding tert-OH is 1. The molecule has 0 aromatic heterocycles. The Hall–Kier alpha value is -1.19. The largest absolute Gasteiger partial charge is 0.393 e. The molecule has 0 bridgehead atoms. The van der Waals surface area contributed by atoms with Crippen LogP contribution < -0.4 is 0 Å². The number of Topliss-reactive ketones (excluding diaryl/α,β-unsaturated/α-hetero) is 1. The van der Waals surface area contributed by atoms with Gasteiger partial charge in [-0.2, -0.15) is 0 Å². The summed E-state index contributed by atoms with van der Waals surface area (Å²) in [5, 5.41) is 9.44. The van der Waals surface area contributed by atoms with Crippen LogP contribution in [0.2, 0.25) is 0 Å². The smallest absolute Gasteiger partial charge is 0.162 e.